The third-order valence-corrected chi connectivity index (χ3v) is 7.45. The fraction of sp³-hybridized carbons (Fsp3) is 0.588. The zero-order chi connectivity index (χ0) is 16.3. The first-order chi connectivity index (χ1) is 10.2. The molecule has 2 aliphatic carbocycles. The van der Waals surface area contributed by atoms with Crippen LogP contribution >= 0.6 is 15.9 Å². The highest BCUT2D eigenvalue weighted by molar-refractivity contribution is 9.10. The molecular formula is C17H21BrN2O2. The van der Waals surface area contributed by atoms with Gasteiger partial charge in [0, 0.05) is 11.1 Å². The molecule has 3 unspecified atom stereocenters. The normalized spacial score (nSPS) is 35.7. The minimum atomic E-state index is -0.718. The summed E-state index contributed by atoms with van der Waals surface area (Å²) < 4.78 is 0. The molecule has 0 saturated heterocycles. The first-order valence-corrected chi connectivity index (χ1v) is 8.52. The SMILES string of the molecule is Cc1cccc(NC(=O)C23CCC(C)(C(=O)C2Br)C3(C)C)n1. The van der Waals surface area contributed by atoms with E-state index < -0.39 is 15.7 Å². The first kappa shape index (κ1) is 15.7. The number of hydrogen-bond acceptors (Lipinski definition) is 3. The fourth-order valence-electron chi connectivity index (χ4n) is 4.30. The van der Waals surface area contributed by atoms with Crippen molar-refractivity contribution in [3.05, 3.63) is 23.9 Å². The summed E-state index contributed by atoms with van der Waals surface area (Å²) in [6.07, 6.45) is 1.48. The molecule has 2 aliphatic rings. The van der Waals surface area contributed by atoms with Crippen molar-refractivity contribution in [2.75, 3.05) is 5.32 Å². The van der Waals surface area contributed by atoms with E-state index in [9.17, 15) is 9.59 Å². The number of nitrogens with zero attached hydrogens (tertiary/aromatic N) is 1. The third-order valence-electron chi connectivity index (χ3n) is 6.26. The van der Waals surface area contributed by atoms with Gasteiger partial charge < -0.3 is 5.32 Å². The Balaban J connectivity index is 1.99. The van der Waals surface area contributed by atoms with Crippen LogP contribution in [-0.4, -0.2) is 21.5 Å². The van der Waals surface area contributed by atoms with Crippen LogP contribution in [0.1, 0.15) is 39.3 Å². The van der Waals surface area contributed by atoms with Gasteiger partial charge in [0.15, 0.2) is 5.78 Å². The van der Waals surface area contributed by atoms with Gasteiger partial charge in [-0.1, -0.05) is 42.8 Å². The molecule has 2 fully saturated rings. The Bertz CT molecular complexity index is 672. The minimum absolute atomic E-state index is 0.105. The van der Waals surface area contributed by atoms with Gasteiger partial charge in [-0.25, -0.2) is 4.98 Å². The molecule has 1 aromatic heterocycles. The second kappa shape index (κ2) is 4.63. The number of aromatic nitrogens is 1. The van der Waals surface area contributed by atoms with Gasteiger partial charge in [0.1, 0.15) is 5.82 Å². The molecular weight excluding hydrogens is 344 g/mol. The average molecular weight is 365 g/mol. The van der Waals surface area contributed by atoms with Gasteiger partial charge >= 0.3 is 0 Å². The number of alkyl halides is 1. The van der Waals surface area contributed by atoms with E-state index in [1.54, 1.807) is 6.07 Å². The Morgan fingerprint density at radius 2 is 2.00 bits per heavy atom. The van der Waals surface area contributed by atoms with Gasteiger partial charge in [0.25, 0.3) is 0 Å². The quantitative estimate of drug-likeness (QED) is 0.817. The summed E-state index contributed by atoms with van der Waals surface area (Å²) in [5, 5.41) is 2.93. The maximum absolute atomic E-state index is 13.1. The minimum Gasteiger partial charge on any atom is -0.310 e. The van der Waals surface area contributed by atoms with Crippen molar-refractivity contribution in [1.29, 1.82) is 0 Å². The van der Waals surface area contributed by atoms with Crippen LogP contribution < -0.4 is 5.32 Å². The molecule has 1 heterocycles. The number of carbonyl (C=O) groups excluding carboxylic acids is 2. The molecule has 0 aromatic carbocycles. The fourth-order valence-corrected chi connectivity index (χ4v) is 5.81. The Labute approximate surface area is 139 Å². The molecule has 1 N–H and O–H groups in total. The van der Waals surface area contributed by atoms with Gasteiger partial charge in [-0.05, 0) is 37.3 Å². The van der Waals surface area contributed by atoms with Gasteiger partial charge in [0.05, 0.1) is 10.2 Å². The number of amides is 1. The monoisotopic (exact) mass is 364 g/mol. The summed E-state index contributed by atoms with van der Waals surface area (Å²) in [5.74, 6) is 0.589. The topological polar surface area (TPSA) is 59.1 Å². The number of pyridine rings is 1. The van der Waals surface area contributed by atoms with E-state index in [-0.39, 0.29) is 17.1 Å². The van der Waals surface area contributed by atoms with Crippen molar-refractivity contribution in [1.82, 2.24) is 4.98 Å². The van der Waals surface area contributed by atoms with E-state index >= 15 is 0 Å². The van der Waals surface area contributed by atoms with E-state index in [0.29, 0.717) is 5.82 Å². The van der Waals surface area contributed by atoms with Crippen LogP contribution in [0.4, 0.5) is 5.82 Å². The molecule has 22 heavy (non-hydrogen) atoms. The van der Waals surface area contributed by atoms with E-state index in [1.807, 2.05) is 39.8 Å². The molecule has 4 nitrogen and oxygen atoms in total. The van der Waals surface area contributed by atoms with Crippen molar-refractivity contribution < 1.29 is 9.59 Å². The van der Waals surface area contributed by atoms with Crippen molar-refractivity contribution in [2.45, 2.75) is 45.4 Å². The molecule has 2 bridgehead atoms. The molecule has 118 valence electrons. The highest BCUT2D eigenvalue weighted by Crippen LogP contribution is 2.72. The molecule has 0 radical (unpaired) electrons. The lowest BCUT2D eigenvalue weighted by Gasteiger charge is -2.39. The van der Waals surface area contributed by atoms with Crippen LogP contribution in [0.2, 0.25) is 0 Å². The second-order valence-corrected chi connectivity index (χ2v) is 8.19. The molecule has 1 aromatic rings. The highest BCUT2D eigenvalue weighted by Gasteiger charge is 2.76. The van der Waals surface area contributed by atoms with Crippen molar-refractivity contribution in [3.63, 3.8) is 0 Å². The summed E-state index contributed by atoms with van der Waals surface area (Å²) >= 11 is 3.53. The summed E-state index contributed by atoms with van der Waals surface area (Å²) in [5.41, 5.74) is -0.703. The number of aryl methyl sites for hydroxylation is 1. The van der Waals surface area contributed by atoms with Gasteiger partial charge in [0.2, 0.25) is 5.91 Å². The number of ketones is 1. The highest BCUT2D eigenvalue weighted by atomic mass is 79.9. The summed E-state index contributed by atoms with van der Waals surface area (Å²) in [6, 6.07) is 5.53. The number of rotatable bonds is 2. The van der Waals surface area contributed by atoms with E-state index in [2.05, 4.69) is 26.2 Å². The number of fused-ring (bicyclic) bond motifs is 2. The molecule has 5 heteroatoms. The van der Waals surface area contributed by atoms with Crippen molar-refractivity contribution >= 4 is 33.4 Å². The third kappa shape index (κ3) is 1.66. The van der Waals surface area contributed by atoms with Crippen molar-refractivity contribution in [3.8, 4) is 0 Å². The maximum atomic E-state index is 13.1. The molecule has 3 rings (SSSR count). The predicted octanol–water partition coefficient (Wildman–Crippen LogP) is 3.49. The number of halogens is 1. The van der Waals surface area contributed by atoms with Crippen molar-refractivity contribution in [2.24, 2.45) is 16.2 Å². The molecule has 3 atom stereocenters. The Hall–Kier alpha value is -1.23. The number of nitrogens with one attached hydrogen (secondary N) is 1. The van der Waals surface area contributed by atoms with Gasteiger partial charge in [-0.15, -0.1) is 0 Å². The Morgan fingerprint density at radius 3 is 2.55 bits per heavy atom. The Morgan fingerprint density at radius 1 is 1.32 bits per heavy atom. The van der Waals surface area contributed by atoms with Crippen LogP contribution in [0.25, 0.3) is 0 Å². The molecule has 2 saturated carbocycles. The summed E-state index contributed by atoms with van der Waals surface area (Å²) in [4.78, 5) is 29.7. The lowest BCUT2D eigenvalue weighted by atomic mass is 9.64. The number of hydrogen-bond donors (Lipinski definition) is 1. The first-order valence-electron chi connectivity index (χ1n) is 7.60. The predicted molar refractivity (Wildman–Crippen MR) is 88.9 cm³/mol. The van der Waals surface area contributed by atoms with Crippen LogP contribution in [-0.2, 0) is 9.59 Å². The van der Waals surface area contributed by atoms with Gasteiger partial charge in [-0.3, -0.25) is 9.59 Å². The average Bonchev–Trinajstić information content (AvgIpc) is 2.71. The number of anilines is 1. The summed E-state index contributed by atoms with van der Waals surface area (Å²) in [7, 11) is 0. The number of carbonyl (C=O) groups is 2. The Kier molecular flexibility index (Phi) is 3.30. The zero-order valence-electron chi connectivity index (χ0n) is 13.4. The van der Waals surface area contributed by atoms with E-state index in [0.717, 1.165) is 18.5 Å². The van der Waals surface area contributed by atoms with E-state index in [4.69, 9.17) is 0 Å². The van der Waals surface area contributed by atoms with Crippen LogP contribution in [0.5, 0.6) is 0 Å². The summed E-state index contributed by atoms with van der Waals surface area (Å²) in [6.45, 7) is 7.97. The van der Waals surface area contributed by atoms with Crippen LogP contribution in [0, 0.1) is 23.2 Å². The van der Waals surface area contributed by atoms with E-state index in [1.165, 1.54) is 0 Å². The lowest BCUT2D eigenvalue weighted by molar-refractivity contribution is -0.130. The molecule has 1 amide bonds. The van der Waals surface area contributed by atoms with Crippen LogP contribution in [0.3, 0.4) is 0 Å². The maximum Gasteiger partial charge on any atom is 0.233 e. The lowest BCUT2D eigenvalue weighted by Crippen LogP contribution is -2.48. The van der Waals surface area contributed by atoms with Crippen LogP contribution in [0.15, 0.2) is 18.2 Å². The second-order valence-electron chi connectivity index (χ2n) is 7.27. The van der Waals surface area contributed by atoms with Gasteiger partial charge in [-0.2, -0.15) is 0 Å². The standard InChI is InChI=1S/C17H21BrN2O2/c1-10-6-5-7-11(19-10)20-14(22)17-9-8-16(4,15(17,2)3)13(21)12(17)18/h5-7,12H,8-9H2,1-4H3,(H,19,20,22). The molecule has 0 aliphatic heterocycles. The smallest absolute Gasteiger partial charge is 0.233 e. The molecule has 0 spiro atoms. The number of Topliss-reactive ketones (excluding diaryl/α,β-unsaturated/α-hetero) is 1. The largest absolute Gasteiger partial charge is 0.310 e. The zero-order valence-corrected chi connectivity index (χ0v) is 15.0.